The molecule has 9 heteroatoms. The summed E-state index contributed by atoms with van der Waals surface area (Å²) in [6.45, 7) is 2.92. The van der Waals surface area contributed by atoms with Crippen LogP contribution in [-0.4, -0.2) is 39.2 Å². The standard InChI is InChI=1S/C16H17ClN4O3S/c1-10-4-5-11(17)7-12(10)18-13(22)9-25-16-20-19-14(24-16)8-21-6-2-3-15(21)23/h4-5,7H,2-3,6,8-9H2,1H3,(H,18,22). The van der Waals surface area contributed by atoms with Crippen LogP contribution in [0.15, 0.2) is 27.8 Å². The molecule has 1 saturated heterocycles. The highest BCUT2D eigenvalue weighted by molar-refractivity contribution is 7.99. The fraction of sp³-hybridized carbons (Fsp3) is 0.375. The van der Waals surface area contributed by atoms with Gasteiger partial charge in [0.15, 0.2) is 0 Å². The first kappa shape index (κ1) is 17.8. The first-order chi connectivity index (χ1) is 12.0. The molecule has 0 bridgehead atoms. The third-order valence-corrected chi connectivity index (χ3v) is 4.80. The molecule has 3 rings (SSSR count). The fourth-order valence-corrected chi connectivity index (χ4v) is 3.19. The largest absolute Gasteiger partial charge is 0.414 e. The Morgan fingerprint density at radius 2 is 2.28 bits per heavy atom. The monoisotopic (exact) mass is 380 g/mol. The number of hydrogen-bond acceptors (Lipinski definition) is 6. The number of rotatable bonds is 6. The predicted molar refractivity (Wildman–Crippen MR) is 94.5 cm³/mol. The first-order valence-corrected chi connectivity index (χ1v) is 9.16. The van der Waals surface area contributed by atoms with E-state index in [4.69, 9.17) is 16.0 Å². The number of likely N-dealkylation sites (tertiary alicyclic amines) is 1. The highest BCUT2D eigenvalue weighted by Crippen LogP contribution is 2.22. The van der Waals surface area contributed by atoms with Gasteiger partial charge in [0.1, 0.15) is 0 Å². The highest BCUT2D eigenvalue weighted by Gasteiger charge is 2.22. The molecule has 0 spiro atoms. The number of benzene rings is 1. The number of nitrogens with one attached hydrogen (secondary N) is 1. The second-order valence-corrected chi connectivity index (χ2v) is 7.04. The van der Waals surface area contributed by atoms with Gasteiger partial charge >= 0.3 is 0 Å². The van der Waals surface area contributed by atoms with E-state index in [1.54, 1.807) is 17.0 Å². The molecule has 0 unspecified atom stereocenters. The van der Waals surface area contributed by atoms with Crippen LogP contribution in [0.1, 0.15) is 24.3 Å². The van der Waals surface area contributed by atoms with Crippen molar-refractivity contribution in [2.75, 3.05) is 17.6 Å². The van der Waals surface area contributed by atoms with Crippen molar-refractivity contribution in [3.8, 4) is 0 Å². The van der Waals surface area contributed by atoms with Crippen LogP contribution in [0.25, 0.3) is 0 Å². The topological polar surface area (TPSA) is 88.3 Å². The average Bonchev–Trinajstić information content (AvgIpc) is 3.19. The smallest absolute Gasteiger partial charge is 0.277 e. The lowest BCUT2D eigenvalue weighted by Gasteiger charge is -2.11. The summed E-state index contributed by atoms with van der Waals surface area (Å²) in [5.74, 6) is 0.424. The molecule has 7 nitrogen and oxygen atoms in total. The van der Waals surface area contributed by atoms with Gasteiger partial charge in [0, 0.05) is 23.7 Å². The van der Waals surface area contributed by atoms with E-state index in [1.807, 2.05) is 13.0 Å². The minimum Gasteiger partial charge on any atom is -0.414 e. The Kier molecular flexibility index (Phi) is 5.60. The molecule has 0 atom stereocenters. The summed E-state index contributed by atoms with van der Waals surface area (Å²) in [7, 11) is 0. The molecule has 2 heterocycles. The minimum atomic E-state index is -0.190. The number of halogens is 1. The van der Waals surface area contributed by atoms with E-state index < -0.39 is 0 Å². The van der Waals surface area contributed by atoms with Gasteiger partial charge < -0.3 is 14.6 Å². The van der Waals surface area contributed by atoms with Gasteiger partial charge in [-0.15, -0.1) is 10.2 Å². The Hall–Kier alpha value is -2.06. The normalized spacial score (nSPS) is 14.2. The molecular weight excluding hydrogens is 364 g/mol. The third-order valence-electron chi connectivity index (χ3n) is 3.75. The number of nitrogens with zero attached hydrogens (tertiary/aromatic N) is 3. The molecule has 1 N–H and O–H groups in total. The van der Waals surface area contributed by atoms with Gasteiger partial charge in [-0.2, -0.15) is 0 Å². The van der Waals surface area contributed by atoms with Crippen LogP contribution in [0, 0.1) is 6.92 Å². The van der Waals surface area contributed by atoms with Crippen LogP contribution in [0.4, 0.5) is 5.69 Å². The first-order valence-electron chi connectivity index (χ1n) is 7.80. The summed E-state index contributed by atoms with van der Waals surface area (Å²) in [6, 6.07) is 5.32. The third kappa shape index (κ3) is 4.73. The average molecular weight is 381 g/mol. The van der Waals surface area contributed by atoms with Crippen molar-refractivity contribution in [3.05, 3.63) is 34.7 Å². The molecule has 1 aliphatic heterocycles. The fourth-order valence-electron chi connectivity index (χ4n) is 2.44. The van der Waals surface area contributed by atoms with E-state index >= 15 is 0 Å². The zero-order chi connectivity index (χ0) is 17.8. The number of anilines is 1. The maximum absolute atomic E-state index is 12.1. The molecule has 0 saturated carbocycles. The van der Waals surface area contributed by atoms with E-state index in [1.165, 1.54) is 0 Å². The molecule has 1 fully saturated rings. The Bertz CT molecular complexity index is 795. The van der Waals surface area contributed by atoms with Gasteiger partial charge in [-0.1, -0.05) is 29.4 Å². The number of hydrogen-bond donors (Lipinski definition) is 1. The molecule has 2 aromatic rings. The quantitative estimate of drug-likeness (QED) is 0.775. The lowest BCUT2D eigenvalue weighted by molar-refractivity contribution is -0.128. The predicted octanol–water partition coefficient (Wildman–Crippen LogP) is 2.88. The van der Waals surface area contributed by atoms with Crippen molar-refractivity contribution in [1.82, 2.24) is 15.1 Å². The van der Waals surface area contributed by atoms with Gasteiger partial charge in [0.25, 0.3) is 5.22 Å². The molecule has 1 aromatic heterocycles. The molecule has 25 heavy (non-hydrogen) atoms. The minimum absolute atomic E-state index is 0.101. The second-order valence-electron chi connectivity index (χ2n) is 5.68. The van der Waals surface area contributed by atoms with Gasteiger partial charge in [-0.25, -0.2) is 0 Å². The summed E-state index contributed by atoms with van der Waals surface area (Å²) < 4.78 is 5.48. The Labute approximate surface area is 154 Å². The van der Waals surface area contributed by atoms with Crippen molar-refractivity contribution < 1.29 is 14.0 Å². The number of thioether (sulfide) groups is 1. The van der Waals surface area contributed by atoms with Crippen molar-refractivity contribution in [2.24, 2.45) is 0 Å². The molecular formula is C16H17ClN4O3S. The zero-order valence-corrected chi connectivity index (χ0v) is 15.2. The number of amides is 2. The zero-order valence-electron chi connectivity index (χ0n) is 13.6. The summed E-state index contributed by atoms with van der Waals surface area (Å²) in [5, 5.41) is 11.5. The van der Waals surface area contributed by atoms with Crippen molar-refractivity contribution >= 4 is 40.9 Å². The Balaban J connectivity index is 1.50. The number of carbonyl (C=O) groups excluding carboxylic acids is 2. The van der Waals surface area contributed by atoms with Crippen LogP contribution in [0.5, 0.6) is 0 Å². The molecule has 132 valence electrons. The Morgan fingerprint density at radius 1 is 1.44 bits per heavy atom. The number of carbonyl (C=O) groups is 2. The molecule has 0 aliphatic carbocycles. The molecule has 2 amide bonds. The Morgan fingerprint density at radius 3 is 3.04 bits per heavy atom. The van der Waals surface area contributed by atoms with Crippen LogP contribution < -0.4 is 5.32 Å². The highest BCUT2D eigenvalue weighted by atomic mass is 35.5. The maximum atomic E-state index is 12.1. The van der Waals surface area contributed by atoms with Crippen LogP contribution in [-0.2, 0) is 16.1 Å². The van der Waals surface area contributed by atoms with E-state index in [-0.39, 0.29) is 17.6 Å². The maximum Gasteiger partial charge on any atom is 0.277 e. The lowest BCUT2D eigenvalue weighted by Crippen LogP contribution is -2.23. The van der Waals surface area contributed by atoms with Gasteiger partial charge in [0.05, 0.1) is 12.3 Å². The second kappa shape index (κ2) is 7.88. The van der Waals surface area contributed by atoms with Crippen molar-refractivity contribution in [1.29, 1.82) is 0 Å². The van der Waals surface area contributed by atoms with E-state index in [9.17, 15) is 9.59 Å². The number of aryl methyl sites for hydroxylation is 1. The summed E-state index contributed by atoms with van der Waals surface area (Å²) >= 11 is 7.09. The van der Waals surface area contributed by atoms with Gasteiger partial charge in [-0.3, -0.25) is 9.59 Å². The lowest BCUT2D eigenvalue weighted by atomic mass is 10.2. The molecule has 1 aliphatic rings. The molecule has 0 radical (unpaired) electrons. The van der Waals surface area contributed by atoms with E-state index in [2.05, 4.69) is 15.5 Å². The van der Waals surface area contributed by atoms with E-state index in [0.29, 0.717) is 41.3 Å². The number of aromatic nitrogens is 2. The van der Waals surface area contributed by atoms with Crippen molar-refractivity contribution in [2.45, 2.75) is 31.5 Å². The van der Waals surface area contributed by atoms with Crippen LogP contribution in [0.3, 0.4) is 0 Å². The van der Waals surface area contributed by atoms with Gasteiger partial charge in [0.2, 0.25) is 17.7 Å². The van der Waals surface area contributed by atoms with E-state index in [0.717, 1.165) is 23.7 Å². The van der Waals surface area contributed by atoms with Crippen molar-refractivity contribution in [3.63, 3.8) is 0 Å². The van der Waals surface area contributed by atoms with Crippen LogP contribution in [0.2, 0.25) is 5.02 Å². The summed E-state index contributed by atoms with van der Waals surface area (Å²) in [6.07, 6.45) is 1.43. The molecule has 1 aromatic carbocycles. The SMILES string of the molecule is Cc1ccc(Cl)cc1NC(=O)CSc1nnc(CN2CCCC2=O)o1. The summed E-state index contributed by atoms with van der Waals surface area (Å²) in [5.41, 5.74) is 1.61. The van der Waals surface area contributed by atoms with Gasteiger partial charge in [-0.05, 0) is 31.0 Å². The summed E-state index contributed by atoms with van der Waals surface area (Å²) in [4.78, 5) is 25.3. The van der Waals surface area contributed by atoms with Crippen LogP contribution >= 0.6 is 23.4 Å².